The molecule has 29 heavy (non-hydrogen) atoms. The third-order valence-electron chi connectivity index (χ3n) is 5.50. The molecule has 3 rings (SSSR count). The molecule has 0 bridgehead atoms. The van der Waals surface area contributed by atoms with Gasteiger partial charge in [0.05, 0.1) is 17.4 Å². The Kier molecular flexibility index (Phi) is 6.47. The lowest BCUT2D eigenvalue weighted by atomic mass is 9.64. The first-order valence-corrected chi connectivity index (χ1v) is 11.5. The quantitative estimate of drug-likeness (QED) is 0.609. The van der Waals surface area contributed by atoms with E-state index in [1.54, 1.807) is 24.3 Å². The lowest BCUT2D eigenvalue weighted by Crippen LogP contribution is -2.49. The first-order valence-electron chi connectivity index (χ1n) is 9.97. The number of rotatable bonds is 9. The molecule has 0 aliphatic heterocycles. The highest BCUT2D eigenvalue weighted by Gasteiger charge is 2.45. The van der Waals surface area contributed by atoms with E-state index < -0.39 is 15.4 Å². The number of nitrogens with one attached hydrogen (secondary N) is 2. The van der Waals surface area contributed by atoms with Crippen LogP contribution in [0.4, 0.5) is 5.69 Å². The summed E-state index contributed by atoms with van der Waals surface area (Å²) in [4.78, 5) is 12.9. The number of sulfonamides is 1. The zero-order chi connectivity index (χ0) is 20.9. The monoisotopic (exact) mass is 416 g/mol. The van der Waals surface area contributed by atoms with E-state index in [0.717, 1.165) is 37.7 Å². The van der Waals surface area contributed by atoms with Gasteiger partial charge in [0, 0.05) is 18.3 Å². The number of anilines is 1. The van der Waals surface area contributed by atoms with Crippen molar-refractivity contribution >= 4 is 21.6 Å². The Hall–Kier alpha value is -2.54. The van der Waals surface area contributed by atoms with E-state index in [9.17, 15) is 13.2 Å². The van der Waals surface area contributed by atoms with E-state index in [-0.39, 0.29) is 10.8 Å². The number of hydrogen-bond acceptors (Lipinski definition) is 4. The SMILES string of the molecule is CCCCNC(=O)C1(c2ccc(NS(=O)(=O)c3cccc(OC)c3)cc2)CCC1. The Morgan fingerprint density at radius 2 is 1.86 bits per heavy atom. The van der Waals surface area contributed by atoms with Gasteiger partial charge in [-0.25, -0.2) is 8.42 Å². The first-order chi connectivity index (χ1) is 13.9. The minimum Gasteiger partial charge on any atom is -0.497 e. The normalized spacial score (nSPS) is 15.2. The fourth-order valence-electron chi connectivity index (χ4n) is 3.56. The van der Waals surface area contributed by atoms with Crippen LogP contribution in [0.25, 0.3) is 0 Å². The number of benzene rings is 2. The van der Waals surface area contributed by atoms with Crippen LogP contribution in [0.15, 0.2) is 53.4 Å². The minimum absolute atomic E-state index is 0.0712. The molecular formula is C22H28N2O4S. The lowest BCUT2D eigenvalue weighted by molar-refractivity contribution is -0.129. The second kappa shape index (κ2) is 8.86. The van der Waals surface area contributed by atoms with Gasteiger partial charge in [-0.15, -0.1) is 0 Å². The van der Waals surface area contributed by atoms with Gasteiger partial charge in [0.15, 0.2) is 0 Å². The number of carbonyl (C=O) groups excluding carboxylic acids is 1. The number of carbonyl (C=O) groups is 1. The van der Waals surface area contributed by atoms with E-state index in [0.29, 0.717) is 18.0 Å². The van der Waals surface area contributed by atoms with Crippen molar-refractivity contribution in [2.24, 2.45) is 0 Å². The highest BCUT2D eigenvalue weighted by atomic mass is 32.2. The third kappa shape index (κ3) is 4.56. The van der Waals surface area contributed by atoms with E-state index in [4.69, 9.17) is 4.74 Å². The second-order valence-corrected chi connectivity index (χ2v) is 9.09. The van der Waals surface area contributed by atoms with Crippen LogP contribution in [0.3, 0.4) is 0 Å². The molecule has 0 spiro atoms. The van der Waals surface area contributed by atoms with Crippen LogP contribution in [0.2, 0.25) is 0 Å². The molecule has 2 N–H and O–H groups in total. The van der Waals surface area contributed by atoms with Crippen LogP contribution in [0.1, 0.15) is 44.6 Å². The zero-order valence-corrected chi connectivity index (χ0v) is 17.7. The zero-order valence-electron chi connectivity index (χ0n) is 16.9. The summed E-state index contributed by atoms with van der Waals surface area (Å²) in [5.74, 6) is 0.547. The average molecular weight is 417 g/mol. The van der Waals surface area contributed by atoms with Crippen LogP contribution in [-0.2, 0) is 20.2 Å². The summed E-state index contributed by atoms with van der Waals surface area (Å²) in [5, 5.41) is 3.05. The number of unbranched alkanes of at least 4 members (excludes halogenated alkanes) is 1. The highest BCUT2D eigenvalue weighted by Crippen LogP contribution is 2.44. The van der Waals surface area contributed by atoms with Gasteiger partial charge in [-0.2, -0.15) is 0 Å². The molecule has 0 unspecified atom stereocenters. The Bertz CT molecular complexity index is 951. The van der Waals surface area contributed by atoms with Crippen molar-refractivity contribution < 1.29 is 17.9 Å². The number of hydrogen-bond donors (Lipinski definition) is 2. The summed E-state index contributed by atoms with van der Waals surface area (Å²) in [6, 6.07) is 13.4. The minimum atomic E-state index is -3.73. The summed E-state index contributed by atoms with van der Waals surface area (Å²) in [7, 11) is -2.23. The van der Waals surface area contributed by atoms with Gasteiger partial charge in [0.2, 0.25) is 5.91 Å². The molecule has 0 radical (unpaired) electrons. The molecule has 0 aromatic heterocycles. The molecule has 7 heteroatoms. The van der Waals surface area contributed by atoms with Crippen molar-refractivity contribution in [3.63, 3.8) is 0 Å². The van der Waals surface area contributed by atoms with Gasteiger partial charge in [-0.3, -0.25) is 9.52 Å². The average Bonchev–Trinajstić information content (AvgIpc) is 2.68. The fourth-order valence-corrected chi connectivity index (χ4v) is 4.66. The molecule has 2 aromatic rings. The Labute approximate surface area is 172 Å². The molecular weight excluding hydrogens is 388 g/mol. The topological polar surface area (TPSA) is 84.5 Å². The summed E-state index contributed by atoms with van der Waals surface area (Å²) in [6.07, 6.45) is 4.66. The molecule has 6 nitrogen and oxygen atoms in total. The molecule has 1 aliphatic rings. The Morgan fingerprint density at radius 3 is 2.45 bits per heavy atom. The van der Waals surface area contributed by atoms with Crippen molar-refractivity contribution in [1.29, 1.82) is 0 Å². The van der Waals surface area contributed by atoms with E-state index in [1.165, 1.54) is 19.2 Å². The molecule has 1 amide bonds. The van der Waals surface area contributed by atoms with Crippen molar-refractivity contribution in [3.05, 3.63) is 54.1 Å². The van der Waals surface area contributed by atoms with Crippen LogP contribution in [0.5, 0.6) is 5.75 Å². The Morgan fingerprint density at radius 1 is 1.14 bits per heavy atom. The lowest BCUT2D eigenvalue weighted by Gasteiger charge is -2.40. The molecule has 156 valence electrons. The number of methoxy groups -OCH3 is 1. The van der Waals surface area contributed by atoms with Crippen molar-refractivity contribution in [2.45, 2.75) is 49.3 Å². The second-order valence-electron chi connectivity index (χ2n) is 7.41. The highest BCUT2D eigenvalue weighted by molar-refractivity contribution is 7.92. The van der Waals surface area contributed by atoms with E-state index in [1.807, 2.05) is 12.1 Å². The molecule has 1 fully saturated rings. The predicted octanol–water partition coefficient (Wildman–Crippen LogP) is 3.83. The summed E-state index contributed by atoms with van der Waals surface area (Å²) < 4.78 is 33.0. The molecule has 0 saturated heterocycles. The summed E-state index contributed by atoms with van der Waals surface area (Å²) >= 11 is 0. The molecule has 0 heterocycles. The van der Waals surface area contributed by atoms with Gasteiger partial charge in [0.1, 0.15) is 5.75 Å². The molecule has 2 aromatic carbocycles. The molecule has 1 aliphatic carbocycles. The van der Waals surface area contributed by atoms with Gasteiger partial charge >= 0.3 is 0 Å². The van der Waals surface area contributed by atoms with Crippen molar-refractivity contribution in [3.8, 4) is 5.75 Å². The van der Waals surface area contributed by atoms with Gasteiger partial charge in [0.25, 0.3) is 10.0 Å². The largest absolute Gasteiger partial charge is 0.497 e. The van der Waals surface area contributed by atoms with Crippen LogP contribution < -0.4 is 14.8 Å². The van der Waals surface area contributed by atoms with Crippen LogP contribution >= 0.6 is 0 Å². The van der Waals surface area contributed by atoms with Crippen molar-refractivity contribution in [2.75, 3.05) is 18.4 Å². The first kappa shape index (κ1) is 21.2. The maximum absolute atomic E-state index is 12.7. The number of ether oxygens (including phenoxy) is 1. The van der Waals surface area contributed by atoms with Crippen molar-refractivity contribution in [1.82, 2.24) is 5.32 Å². The van der Waals surface area contributed by atoms with Gasteiger partial charge in [-0.05, 0) is 49.1 Å². The van der Waals surface area contributed by atoms with E-state index in [2.05, 4.69) is 17.0 Å². The third-order valence-corrected chi connectivity index (χ3v) is 6.88. The van der Waals surface area contributed by atoms with Gasteiger partial charge in [-0.1, -0.05) is 38.0 Å². The maximum Gasteiger partial charge on any atom is 0.262 e. The summed E-state index contributed by atoms with van der Waals surface area (Å²) in [6.45, 7) is 2.78. The molecule has 0 atom stereocenters. The van der Waals surface area contributed by atoms with Crippen LogP contribution in [0, 0.1) is 0 Å². The fraction of sp³-hybridized carbons (Fsp3) is 0.409. The van der Waals surface area contributed by atoms with Crippen LogP contribution in [-0.4, -0.2) is 28.0 Å². The smallest absolute Gasteiger partial charge is 0.262 e. The summed E-state index contributed by atoms with van der Waals surface area (Å²) in [5.41, 5.74) is 0.900. The van der Waals surface area contributed by atoms with E-state index >= 15 is 0 Å². The maximum atomic E-state index is 12.7. The predicted molar refractivity (Wildman–Crippen MR) is 114 cm³/mol. The molecule has 1 saturated carbocycles. The Balaban J connectivity index is 1.75. The van der Waals surface area contributed by atoms with Gasteiger partial charge < -0.3 is 10.1 Å². The number of amides is 1. The standard InChI is InChI=1S/C22H28N2O4S/c1-3-4-15-23-21(25)22(13-6-14-22)17-9-11-18(12-10-17)24-29(26,27)20-8-5-7-19(16-20)28-2/h5,7-12,16,24H,3-4,6,13-15H2,1-2H3,(H,23,25).